The highest BCUT2D eigenvalue weighted by atomic mass is 35.5. The number of anilines is 1. The summed E-state index contributed by atoms with van der Waals surface area (Å²) in [6, 6.07) is 10.2. The lowest BCUT2D eigenvalue weighted by atomic mass is 10.1. The number of rotatable bonds is 2. The molecule has 0 spiro atoms. The highest BCUT2D eigenvalue weighted by Crippen LogP contribution is 2.38. The Morgan fingerprint density at radius 1 is 1.25 bits per heavy atom. The van der Waals surface area contributed by atoms with Crippen LogP contribution >= 0.6 is 35.6 Å². The first kappa shape index (κ1) is 17.1. The average Bonchev–Trinajstić information content (AvgIpc) is 2.78. The van der Waals surface area contributed by atoms with E-state index >= 15 is 0 Å². The molecule has 0 atom stereocenters. The van der Waals surface area contributed by atoms with Crippen LogP contribution in [-0.4, -0.2) is 10.2 Å². The fraction of sp³-hybridized carbons (Fsp3) is 0.111. The molecule has 6 heteroatoms. The maximum absolute atomic E-state index is 14.0. The van der Waals surface area contributed by atoms with Crippen LogP contribution in [0.3, 0.4) is 0 Å². The molecule has 3 rings (SSSR count). The van der Waals surface area contributed by atoms with Crippen molar-refractivity contribution < 1.29 is 9.18 Å². The number of nitrogens with zero attached hydrogens (tertiary/aromatic N) is 1. The third-order valence-electron chi connectivity index (χ3n) is 3.66. The summed E-state index contributed by atoms with van der Waals surface area (Å²) in [6.07, 6.45) is 1.46. The van der Waals surface area contributed by atoms with Crippen LogP contribution in [0.15, 0.2) is 41.3 Å². The predicted octanol–water partition coefficient (Wildman–Crippen LogP) is 5.50. The van der Waals surface area contributed by atoms with Gasteiger partial charge < -0.3 is 0 Å². The van der Waals surface area contributed by atoms with Gasteiger partial charge in [0.1, 0.15) is 5.82 Å². The van der Waals surface area contributed by atoms with Crippen molar-refractivity contribution in [3.63, 3.8) is 0 Å². The minimum atomic E-state index is -0.473. The molecule has 0 radical (unpaired) electrons. The smallest absolute Gasteiger partial charge is 0.268 e. The number of hydrogen-bond donors (Lipinski definition) is 0. The molecule has 1 aliphatic rings. The van der Waals surface area contributed by atoms with E-state index < -0.39 is 5.82 Å². The van der Waals surface area contributed by atoms with Crippen molar-refractivity contribution in [1.29, 1.82) is 0 Å². The average molecular weight is 378 g/mol. The second-order valence-corrected chi connectivity index (χ2v) is 7.53. The number of carbonyl (C=O) groups excluding carboxylic acids is 1. The van der Waals surface area contributed by atoms with Gasteiger partial charge in [-0.3, -0.25) is 9.69 Å². The van der Waals surface area contributed by atoms with Gasteiger partial charge in [-0.2, -0.15) is 0 Å². The van der Waals surface area contributed by atoms with Gasteiger partial charge in [0, 0.05) is 5.56 Å². The summed E-state index contributed by atoms with van der Waals surface area (Å²) in [5.41, 5.74) is 3.00. The minimum absolute atomic E-state index is 0.195. The monoisotopic (exact) mass is 377 g/mol. The van der Waals surface area contributed by atoms with E-state index in [9.17, 15) is 9.18 Å². The predicted molar refractivity (Wildman–Crippen MR) is 103 cm³/mol. The first-order valence-electron chi connectivity index (χ1n) is 7.17. The number of hydrogen-bond acceptors (Lipinski definition) is 3. The molecular formula is C18H13ClFNOS2. The Hall–Kier alpha value is -1.69. The van der Waals surface area contributed by atoms with Crippen LogP contribution in [0.5, 0.6) is 0 Å². The number of thiocarbonyl (C=S) groups is 1. The zero-order valence-electron chi connectivity index (χ0n) is 13.0. The van der Waals surface area contributed by atoms with Crippen molar-refractivity contribution in [3.8, 4) is 0 Å². The summed E-state index contributed by atoms with van der Waals surface area (Å²) >= 11 is 12.5. The molecule has 0 bridgehead atoms. The standard InChI is InChI=1S/C18H13ClFNOS2/c1-10-6-7-15(11(2)8-10)21-17(22)16(24-18(21)23)9-12-13(19)4-3-5-14(12)20/h3-9H,1-2H3. The number of amides is 1. The van der Waals surface area contributed by atoms with Gasteiger partial charge >= 0.3 is 0 Å². The van der Waals surface area contributed by atoms with Gasteiger partial charge in [0.15, 0.2) is 4.32 Å². The number of thioether (sulfide) groups is 1. The zero-order valence-corrected chi connectivity index (χ0v) is 15.4. The van der Waals surface area contributed by atoms with Gasteiger partial charge in [0.25, 0.3) is 5.91 Å². The van der Waals surface area contributed by atoms with E-state index in [1.54, 1.807) is 6.07 Å². The molecule has 2 aromatic rings. The minimum Gasteiger partial charge on any atom is -0.268 e. The lowest BCUT2D eigenvalue weighted by Crippen LogP contribution is -2.28. The molecule has 2 nitrogen and oxygen atoms in total. The summed E-state index contributed by atoms with van der Waals surface area (Å²) in [4.78, 5) is 14.6. The van der Waals surface area contributed by atoms with Crippen molar-refractivity contribution in [2.24, 2.45) is 0 Å². The van der Waals surface area contributed by atoms with Crippen LogP contribution in [0, 0.1) is 19.7 Å². The Labute approximate surface area is 154 Å². The van der Waals surface area contributed by atoms with E-state index in [2.05, 4.69) is 0 Å². The zero-order chi connectivity index (χ0) is 17.4. The number of benzene rings is 2. The van der Waals surface area contributed by atoms with Gasteiger partial charge in [0.2, 0.25) is 0 Å². The van der Waals surface area contributed by atoms with Crippen molar-refractivity contribution in [3.05, 3.63) is 68.8 Å². The summed E-state index contributed by atoms with van der Waals surface area (Å²) in [6.45, 7) is 3.92. The van der Waals surface area contributed by atoms with Crippen molar-refractivity contribution in [2.75, 3.05) is 4.90 Å². The highest BCUT2D eigenvalue weighted by molar-refractivity contribution is 8.27. The lowest BCUT2D eigenvalue weighted by Gasteiger charge is -2.17. The number of carbonyl (C=O) groups is 1. The maximum Gasteiger partial charge on any atom is 0.270 e. The molecule has 2 aromatic carbocycles. The molecule has 1 saturated heterocycles. The Bertz CT molecular complexity index is 874. The molecular weight excluding hydrogens is 365 g/mol. The lowest BCUT2D eigenvalue weighted by molar-refractivity contribution is -0.113. The van der Waals surface area contributed by atoms with Gasteiger partial charge in [-0.15, -0.1) is 0 Å². The summed E-state index contributed by atoms with van der Waals surface area (Å²) in [5, 5.41) is 0.256. The normalized spacial score (nSPS) is 16.3. The van der Waals surface area contributed by atoms with E-state index in [0.29, 0.717) is 9.23 Å². The van der Waals surface area contributed by atoms with Crippen molar-refractivity contribution in [1.82, 2.24) is 0 Å². The first-order chi connectivity index (χ1) is 11.4. The van der Waals surface area contributed by atoms with Crippen LogP contribution in [0.2, 0.25) is 5.02 Å². The second-order valence-electron chi connectivity index (χ2n) is 5.44. The van der Waals surface area contributed by atoms with E-state index in [0.717, 1.165) is 28.6 Å². The highest BCUT2D eigenvalue weighted by Gasteiger charge is 2.34. The third kappa shape index (κ3) is 3.11. The van der Waals surface area contributed by atoms with Crippen LogP contribution in [0.25, 0.3) is 6.08 Å². The molecule has 0 N–H and O–H groups in total. The SMILES string of the molecule is Cc1ccc(N2C(=O)C(=Cc3c(F)cccc3Cl)SC2=S)c(C)c1. The molecule has 0 unspecified atom stereocenters. The molecule has 24 heavy (non-hydrogen) atoms. The molecule has 1 heterocycles. The van der Waals surface area contributed by atoms with Crippen LogP contribution < -0.4 is 4.90 Å². The van der Waals surface area contributed by atoms with Gasteiger partial charge in [-0.1, -0.05) is 59.3 Å². The number of halogens is 2. The van der Waals surface area contributed by atoms with Gasteiger partial charge in [0.05, 0.1) is 15.6 Å². The van der Waals surface area contributed by atoms with Crippen molar-refractivity contribution >= 4 is 57.6 Å². The summed E-state index contributed by atoms with van der Waals surface area (Å²) in [5.74, 6) is -0.740. The molecule has 0 aliphatic carbocycles. The maximum atomic E-state index is 14.0. The molecule has 1 amide bonds. The number of aryl methyl sites for hydroxylation is 2. The molecule has 0 saturated carbocycles. The van der Waals surface area contributed by atoms with E-state index in [1.807, 2.05) is 32.0 Å². The van der Waals surface area contributed by atoms with Crippen LogP contribution in [-0.2, 0) is 4.79 Å². The fourth-order valence-electron chi connectivity index (χ4n) is 2.51. The van der Waals surface area contributed by atoms with E-state index in [1.165, 1.54) is 23.1 Å². The van der Waals surface area contributed by atoms with E-state index in [4.69, 9.17) is 23.8 Å². The Balaban J connectivity index is 2.02. The Kier molecular flexibility index (Phi) is 4.76. The molecule has 1 aliphatic heterocycles. The third-order valence-corrected chi connectivity index (χ3v) is 5.29. The van der Waals surface area contributed by atoms with Gasteiger partial charge in [-0.05, 0) is 43.7 Å². The fourth-order valence-corrected chi connectivity index (χ4v) is 4.00. The summed E-state index contributed by atoms with van der Waals surface area (Å²) < 4.78 is 14.4. The quantitative estimate of drug-likeness (QED) is 0.509. The van der Waals surface area contributed by atoms with Crippen LogP contribution in [0.1, 0.15) is 16.7 Å². The van der Waals surface area contributed by atoms with Crippen molar-refractivity contribution in [2.45, 2.75) is 13.8 Å². The second kappa shape index (κ2) is 6.67. The summed E-state index contributed by atoms with van der Waals surface area (Å²) in [7, 11) is 0. The Morgan fingerprint density at radius 2 is 2.00 bits per heavy atom. The topological polar surface area (TPSA) is 20.3 Å². The Morgan fingerprint density at radius 3 is 2.67 bits per heavy atom. The van der Waals surface area contributed by atoms with E-state index in [-0.39, 0.29) is 16.5 Å². The molecule has 1 fully saturated rings. The molecule has 0 aromatic heterocycles. The molecule has 122 valence electrons. The van der Waals surface area contributed by atoms with Crippen LogP contribution in [0.4, 0.5) is 10.1 Å². The van der Waals surface area contributed by atoms with Gasteiger partial charge in [-0.25, -0.2) is 4.39 Å². The largest absolute Gasteiger partial charge is 0.270 e. The first-order valence-corrected chi connectivity index (χ1v) is 8.78.